The molecule has 0 spiro atoms. The predicted molar refractivity (Wildman–Crippen MR) is 96.0 cm³/mol. The Morgan fingerprint density at radius 2 is 2.09 bits per heavy atom. The highest BCUT2D eigenvalue weighted by Crippen LogP contribution is 2.34. The molecule has 0 aromatic heterocycles. The predicted octanol–water partition coefficient (Wildman–Crippen LogP) is 4.12. The van der Waals surface area contributed by atoms with Crippen LogP contribution < -0.4 is 10.1 Å². The lowest BCUT2D eigenvalue weighted by atomic mass is 10.0. The van der Waals surface area contributed by atoms with E-state index in [2.05, 4.69) is 12.2 Å². The standard InChI is InChI=1S/C17H15NO2S2/c1-2-9-20-14-8-7-11-5-3-4-6-12(11)13(14)10-15-16(19)18-17(21)22-15/h3-8,10H,2,9H2,1H3,(H,18,19,21)/b15-10-. The van der Waals surface area contributed by atoms with Gasteiger partial charge in [0.1, 0.15) is 10.1 Å². The van der Waals surface area contributed by atoms with Crippen LogP contribution in [0.3, 0.4) is 0 Å². The molecular weight excluding hydrogens is 314 g/mol. The summed E-state index contributed by atoms with van der Waals surface area (Å²) in [4.78, 5) is 12.5. The first-order valence-corrected chi connectivity index (χ1v) is 8.31. The molecule has 5 heteroatoms. The van der Waals surface area contributed by atoms with Crippen LogP contribution in [0.1, 0.15) is 18.9 Å². The van der Waals surface area contributed by atoms with Gasteiger partial charge in [0.2, 0.25) is 0 Å². The fraction of sp³-hybridized carbons (Fsp3) is 0.176. The third kappa shape index (κ3) is 3.00. The topological polar surface area (TPSA) is 38.3 Å². The first kappa shape index (κ1) is 15.1. The zero-order chi connectivity index (χ0) is 15.5. The van der Waals surface area contributed by atoms with E-state index >= 15 is 0 Å². The molecule has 0 saturated carbocycles. The van der Waals surface area contributed by atoms with Gasteiger partial charge in [-0.3, -0.25) is 4.79 Å². The fourth-order valence-electron chi connectivity index (χ4n) is 2.31. The Labute approximate surface area is 138 Å². The molecule has 22 heavy (non-hydrogen) atoms. The van der Waals surface area contributed by atoms with Crippen molar-refractivity contribution in [3.63, 3.8) is 0 Å². The maximum atomic E-state index is 11.9. The van der Waals surface area contributed by atoms with E-state index in [1.165, 1.54) is 11.8 Å². The smallest absolute Gasteiger partial charge is 0.263 e. The minimum Gasteiger partial charge on any atom is -0.493 e. The number of nitrogens with one attached hydrogen (secondary N) is 1. The summed E-state index contributed by atoms with van der Waals surface area (Å²) in [5, 5.41) is 4.82. The molecule has 0 unspecified atom stereocenters. The number of ether oxygens (including phenoxy) is 1. The number of carbonyl (C=O) groups excluding carboxylic acids is 1. The second kappa shape index (κ2) is 6.50. The van der Waals surface area contributed by atoms with Crippen molar-refractivity contribution in [1.29, 1.82) is 0 Å². The molecule has 2 aromatic carbocycles. The molecule has 2 aromatic rings. The maximum absolute atomic E-state index is 11.9. The molecule has 1 amide bonds. The summed E-state index contributed by atoms with van der Waals surface area (Å²) in [5.74, 6) is 0.642. The molecular formula is C17H15NO2S2. The molecule has 0 atom stereocenters. The van der Waals surface area contributed by atoms with Crippen molar-refractivity contribution in [2.24, 2.45) is 0 Å². The van der Waals surface area contributed by atoms with E-state index < -0.39 is 0 Å². The van der Waals surface area contributed by atoms with Gasteiger partial charge in [0.15, 0.2) is 0 Å². The summed E-state index contributed by atoms with van der Waals surface area (Å²) in [6, 6.07) is 12.1. The summed E-state index contributed by atoms with van der Waals surface area (Å²) >= 11 is 6.33. The van der Waals surface area contributed by atoms with Crippen molar-refractivity contribution >= 4 is 51.1 Å². The summed E-state index contributed by atoms with van der Waals surface area (Å²) in [5.41, 5.74) is 0.925. The summed E-state index contributed by atoms with van der Waals surface area (Å²) in [7, 11) is 0. The number of rotatable bonds is 4. The highest BCUT2D eigenvalue weighted by atomic mass is 32.2. The van der Waals surface area contributed by atoms with Gasteiger partial charge in [0.25, 0.3) is 5.91 Å². The van der Waals surface area contributed by atoms with Crippen LogP contribution in [0.5, 0.6) is 5.75 Å². The number of hydrogen-bond donors (Lipinski definition) is 1. The van der Waals surface area contributed by atoms with Gasteiger partial charge in [-0.15, -0.1) is 0 Å². The van der Waals surface area contributed by atoms with Crippen LogP contribution in [0.2, 0.25) is 0 Å². The number of carbonyl (C=O) groups is 1. The molecule has 1 N–H and O–H groups in total. The Morgan fingerprint density at radius 3 is 2.82 bits per heavy atom. The van der Waals surface area contributed by atoms with Crippen molar-refractivity contribution in [3.05, 3.63) is 46.9 Å². The second-order valence-electron chi connectivity index (χ2n) is 4.90. The van der Waals surface area contributed by atoms with E-state index in [0.29, 0.717) is 15.8 Å². The first-order chi connectivity index (χ1) is 10.7. The van der Waals surface area contributed by atoms with Crippen LogP contribution in [0.15, 0.2) is 41.3 Å². The number of thiocarbonyl (C=S) groups is 1. The number of hydrogen-bond acceptors (Lipinski definition) is 4. The molecule has 1 heterocycles. The average Bonchev–Trinajstić information content (AvgIpc) is 2.84. The second-order valence-corrected chi connectivity index (χ2v) is 6.62. The fourth-order valence-corrected chi connectivity index (χ4v) is 3.34. The van der Waals surface area contributed by atoms with Crippen molar-refractivity contribution < 1.29 is 9.53 Å². The van der Waals surface area contributed by atoms with Gasteiger partial charge in [-0.1, -0.05) is 61.2 Å². The third-order valence-corrected chi connectivity index (χ3v) is 4.47. The Kier molecular flexibility index (Phi) is 4.45. The van der Waals surface area contributed by atoms with Crippen molar-refractivity contribution in [2.75, 3.05) is 6.61 Å². The Balaban J connectivity index is 2.14. The van der Waals surface area contributed by atoms with Crippen molar-refractivity contribution in [1.82, 2.24) is 5.32 Å². The van der Waals surface area contributed by atoms with E-state index in [9.17, 15) is 4.79 Å². The Hall–Kier alpha value is -1.85. The molecule has 1 saturated heterocycles. The molecule has 1 fully saturated rings. The quantitative estimate of drug-likeness (QED) is 0.676. The molecule has 0 bridgehead atoms. The van der Waals surface area contributed by atoms with Crippen LogP contribution in [0.25, 0.3) is 16.8 Å². The molecule has 1 aliphatic heterocycles. The minimum absolute atomic E-state index is 0.149. The van der Waals surface area contributed by atoms with Crippen molar-refractivity contribution in [2.45, 2.75) is 13.3 Å². The molecule has 3 rings (SSSR count). The lowest BCUT2D eigenvalue weighted by Gasteiger charge is -2.11. The van der Waals surface area contributed by atoms with Crippen LogP contribution in [0, 0.1) is 0 Å². The lowest BCUT2D eigenvalue weighted by Crippen LogP contribution is -2.17. The molecule has 3 nitrogen and oxygen atoms in total. The lowest BCUT2D eigenvalue weighted by molar-refractivity contribution is -0.115. The van der Waals surface area contributed by atoms with Crippen LogP contribution in [-0.4, -0.2) is 16.8 Å². The van der Waals surface area contributed by atoms with E-state index in [4.69, 9.17) is 17.0 Å². The van der Waals surface area contributed by atoms with Crippen LogP contribution in [-0.2, 0) is 4.79 Å². The monoisotopic (exact) mass is 329 g/mol. The average molecular weight is 329 g/mol. The largest absolute Gasteiger partial charge is 0.493 e. The van der Waals surface area contributed by atoms with Gasteiger partial charge in [-0.2, -0.15) is 0 Å². The summed E-state index contributed by atoms with van der Waals surface area (Å²) in [6.45, 7) is 2.71. The zero-order valence-electron chi connectivity index (χ0n) is 12.1. The number of fused-ring (bicyclic) bond motifs is 1. The minimum atomic E-state index is -0.149. The number of amides is 1. The van der Waals surface area contributed by atoms with E-state index in [-0.39, 0.29) is 5.91 Å². The van der Waals surface area contributed by atoms with Gasteiger partial charge >= 0.3 is 0 Å². The summed E-state index contributed by atoms with van der Waals surface area (Å²) < 4.78 is 6.34. The molecule has 0 radical (unpaired) electrons. The van der Waals surface area contributed by atoms with Gasteiger partial charge in [-0.05, 0) is 29.3 Å². The van der Waals surface area contributed by atoms with Crippen LogP contribution >= 0.6 is 24.0 Å². The van der Waals surface area contributed by atoms with Gasteiger partial charge in [-0.25, -0.2) is 0 Å². The number of benzene rings is 2. The normalized spacial score (nSPS) is 16.3. The van der Waals surface area contributed by atoms with E-state index in [1.807, 2.05) is 42.5 Å². The molecule has 112 valence electrons. The number of thioether (sulfide) groups is 1. The Bertz CT molecular complexity index is 783. The first-order valence-electron chi connectivity index (χ1n) is 7.08. The van der Waals surface area contributed by atoms with Gasteiger partial charge < -0.3 is 10.1 Å². The molecule has 1 aliphatic rings. The van der Waals surface area contributed by atoms with E-state index in [1.54, 1.807) is 0 Å². The highest BCUT2D eigenvalue weighted by Gasteiger charge is 2.23. The summed E-state index contributed by atoms with van der Waals surface area (Å²) in [6.07, 6.45) is 2.80. The van der Waals surface area contributed by atoms with Crippen molar-refractivity contribution in [3.8, 4) is 5.75 Å². The Morgan fingerprint density at radius 1 is 1.27 bits per heavy atom. The van der Waals surface area contributed by atoms with E-state index in [0.717, 1.165) is 28.5 Å². The third-order valence-electron chi connectivity index (χ3n) is 3.31. The molecule has 0 aliphatic carbocycles. The van der Waals surface area contributed by atoms with Gasteiger partial charge in [0, 0.05) is 5.56 Å². The SMILES string of the molecule is CCCOc1ccc2ccccc2c1/C=C1\SC(=S)NC1=O. The zero-order valence-corrected chi connectivity index (χ0v) is 13.7. The highest BCUT2D eigenvalue weighted by molar-refractivity contribution is 8.26. The van der Waals surface area contributed by atoms with Gasteiger partial charge in [0.05, 0.1) is 11.5 Å². The maximum Gasteiger partial charge on any atom is 0.263 e. The van der Waals surface area contributed by atoms with Crippen LogP contribution in [0.4, 0.5) is 0 Å².